The van der Waals surface area contributed by atoms with Crippen LogP contribution in [0.25, 0.3) is 0 Å². The van der Waals surface area contributed by atoms with Crippen LogP contribution in [0.4, 0.5) is 0 Å². The fraction of sp³-hybridized carbons (Fsp3) is 0.417. The van der Waals surface area contributed by atoms with E-state index in [0.29, 0.717) is 26.3 Å². The van der Waals surface area contributed by atoms with Gasteiger partial charge in [0.1, 0.15) is 11.8 Å². The Balaban J connectivity index is 2.08. The van der Waals surface area contributed by atoms with Gasteiger partial charge in [-0.2, -0.15) is 0 Å². The number of nitrogens with zero attached hydrogens (tertiary/aromatic N) is 1. The van der Waals surface area contributed by atoms with Crippen molar-refractivity contribution < 1.29 is 19.1 Å². The number of hydrogen-bond acceptors (Lipinski definition) is 4. The second-order valence-corrected chi connectivity index (χ2v) is 7.05. The maximum atomic E-state index is 13.1. The van der Waals surface area contributed by atoms with Gasteiger partial charge < -0.3 is 19.7 Å². The largest absolute Gasteiger partial charge is 0.497 e. The molecule has 2 rings (SSSR count). The Hall–Kier alpha value is -2.86. The second kappa shape index (κ2) is 12.6. The molecular weight excluding hydrogens is 380 g/mol. The summed E-state index contributed by atoms with van der Waals surface area (Å²) >= 11 is 0. The predicted octanol–water partition coefficient (Wildman–Crippen LogP) is 3.20. The van der Waals surface area contributed by atoms with Crippen molar-refractivity contribution in [3.63, 3.8) is 0 Å². The molecule has 6 nitrogen and oxygen atoms in total. The highest BCUT2D eigenvalue weighted by Crippen LogP contribution is 2.16. The molecule has 0 aromatic heterocycles. The normalized spacial score (nSPS) is 11.6. The van der Waals surface area contributed by atoms with Gasteiger partial charge in [-0.3, -0.25) is 9.59 Å². The molecule has 0 saturated heterocycles. The highest BCUT2D eigenvalue weighted by molar-refractivity contribution is 5.88. The van der Waals surface area contributed by atoms with Crippen LogP contribution in [0, 0.1) is 0 Å². The molecule has 2 aromatic rings. The molecule has 0 saturated carbocycles. The molecule has 0 aliphatic rings. The Labute approximate surface area is 179 Å². The summed E-state index contributed by atoms with van der Waals surface area (Å²) in [4.78, 5) is 27.4. The van der Waals surface area contributed by atoms with Crippen LogP contribution < -0.4 is 10.1 Å². The van der Waals surface area contributed by atoms with Gasteiger partial charge in [0.2, 0.25) is 11.8 Å². The summed E-state index contributed by atoms with van der Waals surface area (Å²) in [6, 6.07) is 16.5. The number of nitrogens with one attached hydrogen (secondary N) is 1. The molecule has 1 atom stereocenters. The number of carbonyl (C=O) groups excluding carboxylic acids is 2. The van der Waals surface area contributed by atoms with E-state index in [1.54, 1.807) is 18.9 Å². The third-order valence-corrected chi connectivity index (χ3v) is 4.85. The smallest absolute Gasteiger partial charge is 0.242 e. The van der Waals surface area contributed by atoms with Crippen molar-refractivity contribution in [2.45, 2.75) is 39.3 Å². The summed E-state index contributed by atoms with van der Waals surface area (Å²) in [5.74, 6) is 0.497. The zero-order valence-electron chi connectivity index (χ0n) is 18.1. The van der Waals surface area contributed by atoms with Gasteiger partial charge in [-0.25, -0.2) is 0 Å². The fourth-order valence-electron chi connectivity index (χ4n) is 3.06. The molecule has 0 aliphatic carbocycles. The summed E-state index contributed by atoms with van der Waals surface area (Å²) in [5.41, 5.74) is 1.86. The van der Waals surface area contributed by atoms with Gasteiger partial charge in [0.15, 0.2) is 0 Å². The molecule has 0 fully saturated rings. The lowest BCUT2D eigenvalue weighted by atomic mass is 10.1. The molecule has 1 N–H and O–H groups in total. The van der Waals surface area contributed by atoms with Crippen LogP contribution in [0.15, 0.2) is 54.6 Å². The molecule has 0 bridgehead atoms. The average Bonchev–Trinajstić information content (AvgIpc) is 2.77. The summed E-state index contributed by atoms with van der Waals surface area (Å²) in [6.45, 7) is 5.84. The Morgan fingerprint density at radius 3 is 2.37 bits per heavy atom. The number of methoxy groups -OCH3 is 1. The first kappa shape index (κ1) is 23.4. The highest BCUT2D eigenvalue weighted by atomic mass is 16.5. The zero-order chi connectivity index (χ0) is 21.8. The quantitative estimate of drug-likeness (QED) is 0.544. The topological polar surface area (TPSA) is 67.9 Å². The number of ether oxygens (including phenoxy) is 2. The lowest BCUT2D eigenvalue weighted by molar-refractivity contribution is -0.140. The first-order valence-corrected chi connectivity index (χ1v) is 10.4. The van der Waals surface area contributed by atoms with E-state index >= 15 is 0 Å². The standard InChI is InChI=1S/C24H32N2O4/c1-4-30-16-8-15-25-24(28)19(2)26(18-21-11-13-22(29-3)14-12-21)23(27)17-20-9-6-5-7-10-20/h5-7,9-14,19H,4,8,15-18H2,1-3H3,(H,25,28)/t19-/m0/s1. The average molecular weight is 413 g/mol. The third-order valence-electron chi connectivity index (χ3n) is 4.85. The zero-order valence-corrected chi connectivity index (χ0v) is 18.1. The van der Waals surface area contributed by atoms with Crippen LogP contribution in [0.3, 0.4) is 0 Å². The SMILES string of the molecule is CCOCCCNC(=O)[C@H](C)N(Cc1ccc(OC)cc1)C(=O)Cc1ccccc1. The summed E-state index contributed by atoms with van der Waals surface area (Å²) in [7, 11) is 1.61. The van der Waals surface area contributed by atoms with Gasteiger partial charge in [0.05, 0.1) is 13.5 Å². The molecule has 0 spiro atoms. The van der Waals surface area contributed by atoms with Gasteiger partial charge in [-0.1, -0.05) is 42.5 Å². The maximum absolute atomic E-state index is 13.1. The Morgan fingerprint density at radius 2 is 1.73 bits per heavy atom. The Morgan fingerprint density at radius 1 is 1.03 bits per heavy atom. The predicted molar refractivity (Wildman–Crippen MR) is 117 cm³/mol. The second-order valence-electron chi connectivity index (χ2n) is 7.05. The molecular formula is C24H32N2O4. The molecule has 2 aromatic carbocycles. The van der Waals surface area contributed by atoms with Crippen LogP contribution >= 0.6 is 0 Å². The minimum atomic E-state index is -0.588. The molecule has 0 heterocycles. The van der Waals surface area contributed by atoms with E-state index in [1.165, 1.54) is 0 Å². The number of benzene rings is 2. The number of amides is 2. The maximum Gasteiger partial charge on any atom is 0.242 e. The van der Waals surface area contributed by atoms with Crippen molar-refractivity contribution in [1.82, 2.24) is 10.2 Å². The van der Waals surface area contributed by atoms with Crippen LogP contribution in [-0.4, -0.2) is 49.6 Å². The summed E-state index contributed by atoms with van der Waals surface area (Å²) in [5, 5.41) is 2.91. The van der Waals surface area contributed by atoms with Gasteiger partial charge in [0, 0.05) is 26.3 Å². The molecule has 0 aliphatic heterocycles. The number of rotatable bonds is 12. The van der Waals surface area contributed by atoms with Gasteiger partial charge in [-0.15, -0.1) is 0 Å². The van der Waals surface area contributed by atoms with Crippen molar-refractivity contribution in [3.8, 4) is 5.75 Å². The minimum absolute atomic E-state index is 0.0889. The molecule has 30 heavy (non-hydrogen) atoms. The van der Waals surface area contributed by atoms with E-state index in [2.05, 4.69) is 5.32 Å². The fourth-order valence-corrected chi connectivity index (χ4v) is 3.06. The molecule has 2 amide bonds. The van der Waals surface area contributed by atoms with Crippen molar-refractivity contribution in [1.29, 1.82) is 0 Å². The van der Waals surface area contributed by atoms with Crippen molar-refractivity contribution in [2.24, 2.45) is 0 Å². The monoisotopic (exact) mass is 412 g/mol. The number of hydrogen-bond donors (Lipinski definition) is 1. The van der Waals surface area contributed by atoms with E-state index in [0.717, 1.165) is 23.3 Å². The van der Waals surface area contributed by atoms with Crippen molar-refractivity contribution >= 4 is 11.8 Å². The van der Waals surface area contributed by atoms with Crippen LogP contribution in [0.5, 0.6) is 5.75 Å². The van der Waals surface area contributed by atoms with E-state index < -0.39 is 6.04 Å². The molecule has 6 heteroatoms. The first-order chi connectivity index (χ1) is 14.5. The van der Waals surface area contributed by atoms with Crippen LogP contribution in [0.2, 0.25) is 0 Å². The van der Waals surface area contributed by atoms with Crippen LogP contribution in [-0.2, 0) is 27.3 Å². The van der Waals surface area contributed by atoms with Crippen LogP contribution in [0.1, 0.15) is 31.4 Å². The van der Waals surface area contributed by atoms with Gasteiger partial charge >= 0.3 is 0 Å². The first-order valence-electron chi connectivity index (χ1n) is 10.4. The van der Waals surface area contributed by atoms with Crippen molar-refractivity contribution in [3.05, 3.63) is 65.7 Å². The third kappa shape index (κ3) is 7.52. The lowest BCUT2D eigenvalue weighted by Crippen LogP contribution is -2.48. The molecule has 0 unspecified atom stereocenters. The van der Waals surface area contributed by atoms with Gasteiger partial charge in [-0.05, 0) is 43.5 Å². The van der Waals surface area contributed by atoms with E-state index in [1.807, 2.05) is 61.5 Å². The Bertz CT molecular complexity index is 778. The highest BCUT2D eigenvalue weighted by Gasteiger charge is 2.26. The van der Waals surface area contributed by atoms with E-state index in [9.17, 15) is 9.59 Å². The number of carbonyl (C=O) groups is 2. The molecule has 162 valence electrons. The van der Waals surface area contributed by atoms with Gasteiger partial charge in [0.25, 0.3) is 0 Å². The summed E-state index contributed by atoms with van der Waals surface area (Å²) in [6.07, 6.45) is 0.988. The minimum Gasteiger partial charge on any atom is -0.497 e. The van der Waals surface area contributed by atoms with E-state index in [4.69, 9.17) is 9.47 Å². The molecule has 0 radical (unpaired) electrons. The summed E-state index contributed by atoms with van der Waals surface area (Å²) < 4.78 is 10.5. The van der Waals surface area contributed by atoms with E-state index in [-0.39, 0.29) is 18.2 Å². The van der Waals surface area contributed by atoms with Crippen molar-refractivity contribution in [2.75, 3.05) is 26.9 Å². The Kier molecular flexibility index (Phi) is 9.87. The lowest BCUT2D eigenvalue weighted by Gasteiger charge is -2.29.